The molecule has 3 rings (SSSR count). The Balaban J connectivity index is 2.39. The average molecular weight is 562 g/mol. The third-order valence-electron chi connectivity index (χ3n) is 5.51. The summed E-state index contributed by atoms with van der Waals surface area (Å²) >= 11 is 6.94. The van der Waals surface area contributed by atoms with E-state index in [0.29, 0.717) is 5.56 Å². The zero-order valence-corrected chi connectivity index (χ0v) is 20.8. The molecule has 32 heavy (non-hydrogen) atoms. The van der Waals surface area contributed by atoms with Gasteiger partial charge in [-0.1, -0.05) is 56.1 Å². The van der Waals surface area contributed by atoms with E-state index in [1.807, 2.05) is 48.5 Å². The molecule has 1 aliphatic carbocycles. The van der Waals surface area contributed by atoms with Gasteiger partial charge in [-0.3, -0.25) is 0 Å². The molecule has 0 aromatic heterocycles. The quantitative estimate of drug-likeness (QED) is 0.501. The lowest BCUT2D eigenvalue weighted by Crippen LogP contribution is -2.40. The van der Waals surface area contributed by atoms with Gasteiger partial charge in [0, 0.05) is 20.8 Å². The third-order valence-corrected chi connectivity index (χ3v) is 6.50. The smallest absolute Gasteiger partial charge is 0.336 e. The SMILES string of the molecule is CCOC(=O)C1=C(N)[C@](C#N)(C(=O)OCC)[C@@H](c2cccc(Br)c2)[C@@H]1c1cccc(Br)c1. The van der Waals surface area contributed by atoms with Gasteiger partial charge in [0.15, 0.2) is 0 Å². The molecule has 0 amide bonds. The Kier molecular flexibility index (Phi) is 7.42. The maximum Gasteiger partial charge on any atom is 0.336 e. The minimum Gasteiger partial charge on any atom is -0.464 e. The summed E-state index contributed by atoms with van der Waals surface area (Å²) in [5, 5.41) is 10.4. The average Bonchev–Trinajstić information content (AvgIpc) is 3.03. The lowest BCUT2D eigenvalue weighted by molar-refractivity contribution is -0.151. The van der Waals surface area contributed by atoms with E-state index in [1.54, 1.807) is 13.8 Å². The van der Waals surface area contributed by atoms with E-state index >= 15 is 0 Å². The minimum absolute atomic E-state index is 0.0665. The molecule has 0 saturated carbocycles. The molecule has 1 aliphatic rings. The molecule has 0 radical (unpaired) electrons. The number of carbonyl (C=O) groups excluding carboxylic acids is 2. The maximum absolute atomic E-state index is 13.3. The highest BCUT2D eigenvalue weighted by Crippen LogP contribution is 2.59. The van der Waals surface area contributed by atoms with Crippen molar-refractivity contribution in [3.8, 4) is 6.07 Å². The van der Waals surface area contributed by atoms with Gasteiger partial charge >= 0.3 is 11.9 Å². The Hall–Kier alpha value is -2.63. The third kappa shape index (κ3) is 4.07. The number of hydrogen-bond acceptors (Lipinski definition) is 6. The fourth-order valence-corrected chi connectivity index (χ4v) is 5.10. The van der Waals surface area contributed by atoms with Crippen LogP contribution < -0.4 is 5.73 Å². The van der Waals surface area contributed by atoms with Crippen molar-refractivity contribution in [2.24, 2.45) is 11.1 Å². The van der Waals surface area contributed by atoms with Crippen LogP contribution >= 0.6 is 31.9 Å². The second-order valence-corrected chi connectivity index (χ2v) is 9.08. The van der Waals surface area contributed by atoms with Crippen LogP contribution in [-0.2, 0) is 19.1 Å². The van der Waals surface area contributed by atoms with Gasteiger partial charge in [0.1, 0.15) is 0 Å². The van der Waals surface area contributed by atoms with Gasteiger partial charge in [0.25, 0.3) is 0 Å². The molecule has 0 fully saturated rings. The highest BCUT2D eigenvalue weighted by molar-refractivity contribution is 9.10. The molecule has 2 N–H and O–H groups in total. The molecule has 166 valence electrons. The van der Waals surface area contributed by atoms with Crippen molar-refractivity contribution in [2.75, 3.05) is 13.2 Å². The summed E-state index contributed by atoms with van der Waals surface area (Å²) in [6.07, 6.45) is 0. The highest BCUT2D eigenvalue weighted by atomic mass is 79.9. The molecule has 0 unspecified atom stereocenters. The summed E-state index contributed by atoms with van der Waals surface area (Å²) in [5.41, 5.74) is 5.95. The van der Waals surface area contributed by atoms with Gasteiger partial charge in [0.05, 0.1) is 30.6 Å². The molecule has 0 aliphatic heterocycles. The zero-order chi connectivity index (χ0) is 23.5. The van der Waals surface area contributed by atoms with Crippen LogP contribution in [0.5, 0.6) is 0 Å². The lowest BCUT2D eigenvalue weighted by Gasteiger charge is -2.32. The fourth-order valence-electron chi connectivity index (χ4n) is 4.27. The Morgan fingerprint density at radius 2 is 1.59 bits per heavy atom. The van der Waals surface area contributed by atoms with Crippen LogP contribution in [0, 0.1) is 16.7 Å². The van der Waals surface area contributed by atoms with Crippen LogP contribution in [0.25, 0.3) is 0 Å². The number of carbonyl (C=O) groups is 2. The lowest BCUT2D eigenvalue weighted by atomic mass is 9.69. The largest absolute Gasteiger partial charge is 0.464 e. The second-order valence-electron chi connectivity index (χ2n) is 7.25. The van der Waals surface area contributed by atoms with E-state index in [1.165, 1.54) is 0 Å². The number of rotatable bonds is 6. The predicted molar refractivity (Wildman–Crippen MR) is 126 cm³/mol. The van der Waals surface area contributed by atoms with E-state index in [-0.39, 0.29) is 24.5 Å². The first-order valence-electron chi connectivity index (χ1n) is 10.1. The number of ether oxygens (including phenoxy) is 2. The number of nitriles is 1. The maximum atomic E-state index is 13.3. The highest BCUT2D eigenvalue weighted by Gasteiger charge is 2.62. The summed E-state index contributed by atoms with van der Waals surface area (Å²) < 4.78 is 12.2. The zero-order valence-electron chi connectivity index (χ0n) is 17.6. The predicted octanol–water partition coefficient (Wildman–Crippen LogP) is 4.94. The molecule has 0 heterocycles. The summed E-state index contributed by atoms with van der Waals surface area (Å²) in [6.45, 7) is 3.54. The van der Waals surface area contributed by atoms with Crippen LogP contribution in [0.3, 0.4) is 0 Å². The van der Waals surface area contributed by atoms with E-state index < -0.39 is 29.2 Å². The summed E-state index contributed by atoms with van der Waals surface area (Å²) in [7, 11) is 0. The van der Waals surface area contributed by atoms with Crippen molar-refractivity contribution in [3.63, 3.8) is 0 Å². The number of nitrogens with zero attached hydrogens (tertiary/aromatic N) is 1. The topological polar surface area (TPSA) is 102 Å². The van der Waals surface area contributed by atoms with E-state index in [9.17, 15) is 14.9 Å². The molecule has 8 heteroatoms. The molecule has 3 atom stereocenters. The van der Waals surface area contributed by atoms with Crippen molar-refractivity contribution in [1.29, 1.82) is 5.26 Å². The van der Waals surface area contributed by atoms with Crippen molar-refractivity contribution in [2.45, 2.75) is 25.7 Å². The Morgan fingerprint density at radius 3 is 2.12 bits per heavy atom. The summed E-state index contributed by atoms with van der Waals surface area (Å²) in [4.78, 5) is 26.4. The van der Waals surface area contributed by atoms with E-state index in [0.717, 1.165) is 14.5 Å². The van der Waals surface area contributed by atoms with Gasteiger partial charge in [0.2, 0.25) is 5.41 Å². The molecular weight excluding hydrogens is 540 g/mol. The summed E-state index contributed by atoms with van der Waals surface area (Å²) in [5.74, 6) is -2.96. The molecular formula is C24H22Br2N2O4. The van der Waals surface area contributed by atoms with Crippen molar-refractivity contribution >= 4 is 43.8 Å². The number of benzene rings is 2. The Morgan fingerprint density at radius 1 is 1.03 bits per heavy atom. The van der Waals surface area contributed by atoms with Crippen LogP contribution in [-0.4, -0.2) is 25.2 Å². The fraction of sp³-hybridized carbons (Fsp3) is 0.292. The monoisotopic (exact) mass is 560 g/mol. The van der Waals surface area contributed by atoms with E-state index in [2.05, 4.69) is 37.9 Å². The molecule has 0 bridgehead atoms. The van der Waals surface area contributed by atoms with Gasteiger partial charge in [-0.25, -0.2) is 9.59 Å². The standard InChI is InChI=1S/C24H22Br2N2O4/c1-3-31-22(29)19-18(14-7-5-9-16(25)11-14)20(15-8-6-10-17(26)12-15)24(13-27,21(19)28)23(30)32-4-2/h5-12,18,20H,3-4,28H2,1-2H3/t18-,20+,24-/m1/s1. The van der Waals surface area contributed by atoms with Crippen LogP contribution in [0.2, 0.25) is 0 Å². The van der Waals surface area contributed by atoms with Crippen molar-refractivity contribution in [1.82, 2.24) is 0 Å². The first-order chi connectivity index (χ1) is 15.3. The van der Waals surface area contributed by atoms with Crippen molar-refractivity contribution < 1.29 is 19.1 Å². The van der Waals surface area contributed by atoms with E-state index in [4.69, 9.17) is 15.2 Å². The number of halogens is 2. The number of esters is 2. The molecule has 6 nitrogen and oxygen atoms in total. The van der Waals surface area contributed by atoms with Gasteiger partial charge < -0.3 is 15.2 Å². The molecule has 2 aromatic rings. The second kappa shape index (κ2) is 9.88. The number of hydrogen-bond donors (Lipinski definition) is 1. The normalized spacial score (nSPS) is 22.3. The molecule has 0 saturated heterocycles. The first-order valence-corrected chi connectivity index (χ1v) is 11.7. The van der Waals surface area contributed by atoms with Gasteiger partial charge in [-0.05, 0) is 49.2 Å². The Labute approximate surface area is 203 Å². The molecule has 0 spiro atoms. The Bertz CT molecular complexity index is 1120. The summed E-state index contributed by atoms with van der Waals surface area (Å²) in [6, 6.07) is 16.8. The minimum atomic E-state index is -1.90. The number of nitrogens with two attached hydrogens (primary N) is 1. The van der Waals surface area contributed by atoms with Gasteiger partial charge in [-0.2, -0.15) is 5.26 Å². The first kappa shape index (κ1) is 24.0. The van der Waals surface area contributed by atoms with Crippen LogP contribution in [0.4, 0.5) is 0 Å². The van der Waals surface area contributed by atoms with Crippen LogP contribution in [0.1, 0.15) is 36.8 Å². The molecule has 2 aromatic carbocycles. The van der Waals surface area contributed by atoms with Crippen LogP contribution in [0.15, 0.2) is 68.7 Å². The van der Waals surface area contributed by atoms with Crippen molar-refractivity contribution in [3.05, 3.63) is 79.9 Å². The van der Waals surface area contributed by atoms with Gasteiger partial charge in [-0.15, -0.1) is 0 Å².